The molecule has 0 bridgehead atoms. The molecule has 8 nitrogen and oxygen atoms in total. The summed E-state index contributed by atoms with van der Waals surface area (Å²) in [4.78, 5) is 13.2. The lowest BCUT2D eigenvalue weighted by atomic mass is 10.3. The Hall–Kier alpha value is -1.67. The van der Waals surface area contributed by atoms with Crippen molar-refractivity contribution >= 4 is 11.5 Å². The molecule has 1 aromatic rings. The summed E-state index contributed by atoms with van der Waals surface area (Å²) in [5, 5.41) is 18.5. The molecular weight excluding hydrogens is 274 g/mol. The quantitative estimate of drug-likeness (QED) is 0.459. The lowest BCUT2D eigenvalue weighted by Crippen LogP contribution is -2.37. The highest BCUT2D eigenvalue weighted by atomic mass is 16.6. The molecule has 1 aliphatic rings. The Morgan fingerprint density at radius 2 is 2.14 bits per heavy atom. The van der Waals surface area contributed by atoms with E-state index in [-0.39, 0.29) is 10.6 Å². The van der Waals surface area contributed by atoms with Crippen molar-refractivity contribution in [2.24, 2.45) is 7.05 Å². The van der Waals surface area contributed by atoms with Crippen LogP contribution >= 0.6 is 0 Å². The minimum absolute atomic E-state index is 0.103. The van der Waals surface area contributed by atoms with Crippen molar-refractivity contribution in [3.8, 4) is 0 Å². The summed E-state index contributed by atoms with van der Waals surface area (Å²) in [6, 6.07) is 0. The summed E-state index contributed by atoms with van der Waals surface area (Å²) < 4.78 is 6.87. The number of rotatable bonds is 7. The van der Waals surface area contributed by atoms with Gasteiger partial charge in [0, 0.05) is 26.7 Å². The van der Waals surface area contributed by atoms with E-state index in [1.165, 1.54) is 0 Å². The van der Waals surface area contributed by atoms with Gasteiger partial charge in [-0.3, -0.25) is 15.0 Å². The summed E-state index contributed by atoms with van der Waals surface area (Å²) in [7, 11) is 1.73. The zero-order valence-electron chi connectivity index (χ0n) is 12.7. The van der Waals surface area contributed by atoms with Crippen LogP contribution in [0.4, 0.5) is 11.5 Å². The van der Waals surface area contributed by atoms with Gasteiger partial charge < -0.3 is 10.1 Å². The SMILES string of the molecule is CCc1nn(C)c(NCCCN2CCOCC2)c1[N+](=O)[O-]. The number of aromatic nitrogens is 2. The van der Waals surface area contributed by atoms with Gasteiger partial charge in [0.15, 0.2) is 0 Å². The Balaban J connectivity index is 1.87. The maximum absolute atomic E-state index is 11.2. The summed E-state index contributed by atoms with van der Waals surface area (Å²) in [5.41, 5.74) is 0.629. The zero-order valence-corrected chi connectivity index (χ0v) is 12.7. The number of aryl methyl sites for hydroxylation is 2. The molecule has 1 aromatic heterocycles. The number of nitrogens with one attached hydrogen (secondary N) is 1. The highest BCUT2D eigenvalue weighted by Gasteiger charge is 2.25. The van der Waals surface area contributed by atoms with E-state index in [0.717, 1.165) is 39.3 Å². The van der Waals surface area contributed by atoms with Gasteiger partial charge >= 0.3 is 5.69 Å². The third-order valence-electron chi connectivity index (χ3n) is 3.66. The van der Waals surface area contributed by atoms with Crippen LogP contribution in [0.2, 0.25) is 0 Å². The van der Waals surface area contributed by atoms with E-state index in [4.69, 9.17) is 4.74 Å². The standard InChI is InChI=1S/C13H23N5O3/c1-3-11-12(18(19)20)13(16(2)15-11)14-5-4-6-17-7-9-21-10-8-17/h14H,3-10H2,1-2H3. The number of nitro groups is 1. The molecule has 0 radical (unpaired) electrons. The van der Waals surface area contributed by atoms with Crippen molar-refractivity contribution in [1.29, 1.82) is 0 Å². The van der Waals surface area contributed by atoms with Crippen molar-refractivity contribution in [2.45, 2.75) is 19.8 Å². The largest absolute Gasteiger partial charge is 0.379 e. The van der Waals surface area contributed by atoms with Gasteiger partial charge in [-0.05, 0) is 19.4 Å². The molecule has 2 heterocycles. The van der Waals surface area contributed by atoms with Gasteiger partial charge in [0.05, 0.1) is 18.1 Å². The topological polar surface area (TPSA) is 85.5 Å². The van der Waals surface area contributed by atoms with Crippen molar-refractivity contribution < 1.29 is 9.66 Å². The zero-order chi connectivity index (χ0) is 15.2. The third-order valence-corrected chi connectivity index (χ3v) is 3.66. The number of hydrogen-bond acceptors (Lipinski definition) is 6. The summed E-state index contributed by atoms with van der Waals surface area (Å²) >= 11 is 0. The summed E-state index contributed by atoms with van der Waals surface area (Å²) in [6.07, 6.45) is 1.49. The lowest BCUT2D eigenvalue weighted by Gasteiger charge is -2.26. The maximum atomic E-state index is 11.2. The molecule has 118 valence electrons. The Labute approximate surface area is 124 Å². The van der Waals surface area contributed by atoms with Crippen LogP contribution in [0.3, 0.4) is 0 Å². The summed E-state index contributed by atoms with van der Waals surface area (Å²) in [5.74, 6) is 0.499. The molecule has 1 N–H and O–H groups in total. The Bertz CT molecular complexity index is 482. The first kappa shape index (κ1) is 15.7. The fourth-order valence-corrected chi connectivity index (χ4v) is 2.53. The molecule has 0 aromatic carbocycles. The van der Waals surface area contributed by atoms with Crippen LogP contribution in [0.15, 0.2) is 0 Å². The van der Waals surface area contributed by atoms with E-state index in [9.17, 15) is 10.1 Å². The predicted molar refractivity (Wildman–Crippen MR) is 79.6 cm³/mol. The first-order chi connectivity index (χ1) is 10.1. The van der Waals surface area contributed by atoms with Gasteiger partial charge in [-0.2, -0.15) is 5.10 Å². The second-order valence-corrected chi connectivity index (χ2v) is 5.11. The average molecular weight is 297 g/mol. The Morgan fingerprint density at radius 1 is 1.43 bits per heavy atom. The number of morpholine rings is 1. The van der Waals surface area contributed by atoms with E-state index in [1.54, 1.807) is 11.7 Å². The van der Waals surface area contributed by atoms with E-state index in [2.05, 4.69) is 15.3 Å². The predicted octanol–water partition coefficient (Wildman–Crippen LogP) is 1.02. The van der Waals surface area contributed by atoms with Crippen LogP contribution in [-0.4, -0.2) is 59.0 Å². The lowest BCUT2D eigenvalue weighted by molar-refractivity contribution is -0.384. The Kier molecular flexibility index (Phi) is 5.51. The van der Waals surface area contributed by atoms with Crippen molar-refractivity contribution in [1.82, 2.24) is 14.7 Å². The van der Waals surface area contributed by atoms with Gasteiger partial charge in [0.25, 0.3) is 0 Å². The van der Waals surface area contributed by atoms with Crippen LogP contribution in [0.25, 0.3) is 0 Å². The van der Waals surface area contributed by atoms with Crippen LogP contribution in [0.5, 0.6) is 0 Å². The van der Waals surface area contributed by atoms with Crippen LogP contribution in [-0.2, 0) is 18.2 Å². The number of hydrogen-bond donors (Lipinski definition) is 1. The molecule has 21 heavy (non-hydrogen) atoms. The molecule has 8 heteroatoms. The van der Waals surface area contributed by atoms with Crippen LogP contribution < -0.4 is 5.32 Å². The average Bonchev–Trinajstić information content (AvgIpc) is 2.81. The third kappa shape index (κ3) is 3.92. The highest BCUT2D eigenvalue weighted by molar-refractivity contribution is 5.59. The van der Waals surface area contributed by atoms with E-state index in [0.29, 0.717) is 24.5 Å². The molecule has 1 aliphatic heterocycles. The van der Waals surface area contributed by atoms with Gasteiger partial charge in [0.2, 0.25) is 5.82 Å². The van der Waals surface area contributed by atoms with Crippen molar-refractivity contribution in [3.63, 3.8) is 0 Å². The van der Waals surface area contributed by atoms with Gasteiger partial charge in [-0.25, -0.2) is 4.68 Å². The fraction of sp³-hybridized carbons (Fsp3) is 0.769. The van der Waals surface area contributed by atoms with Gasteiger partial charge in [0.1, 0.15) is 5.69 Å². The molecule has 0 saturated carbocycles. The second kappa shape index (κ2) is 7.37. The molecule has 0 aliphatic carbocycles. The molecular formula is C13H23N5O3. The molecule has 2 rings (SSSR count). The van der Waals surface area contributed by atoms with Crippen LogP contribution in [0.1, 0.15) is 19.0 Å². The van der Waals surface area contributed by atoms with Crippen LogP contribution in [0, 0.1) is 10.1 Å². The normalized spacial score (nSPS) is 16.1. The van der Waals surface area contributed by atoms with E-state index >= 15 is 0 Å². The molecule has 1 fully saturated rings. The minimum atomic E-state index is -0.351. The monoisotopic (exact) mass is 297 g/mol. The molecule has 0 unspecified atom stereocenters. The van der Waals surface area contributed by atoms with Crippen molar-refractivity contribution in [3.05, 3.63) is 15.8 Å². The fourth-order valence-electron chi connectivity index (χ4n) is 2.53. The first-order valence-corrected chi connectivity index (χ1v) is 7.37. The van der Waals surface area contributed by atoms with Crippen molar-refractivity contribution in [2.75, 3.05) is 44.7 Å². The summed E-state index contributed by atoms with van der Waals surface area (Å²) in [6.45, 7) is 7.06. The van der Waals surface area contributed by atoms with E-state index in [1.807, 2.05) is 6.92 Å². The smallest absolute Gasteiger partial charge is 0.333 e. The minimum Gasteiger partial charge on any atom is -0.379 e. The molecule has 0 spiro atoms. The number of ether oxygens (including phenoxy) is 1. The Morgan fingerprint density at radius 3 is 2.76 bits per heavy atom. The maximum Gasteiger partial charge on any atom is 0.333 e. The molecule has 0 amide bonds. The number of nitrogens with zero attached hydrogens (tertiary/aromatic N) is 4. The van der Waals surface area contributed by atoms with Gasteiger partial charge in [-0.15, -0.1) is 0 Å². The second-order valence-electron chi connectivity index (χ2n) is 5.11. The molecule has 0 atom stereocenters. The van der Waals surface area contributed by atoms with E-state index < -0.39 is 0 Å². The first-order valence-electron chi connectivity index (χ1n) is 7.37. The van der Waals surface area contributed by atoms with Gasteiger partial charge in [-0.1, -0.05) is 6.92 Å². The molecule has 1 saturated heterocycles. The number of anilines is 1. The highest BCUT2D eigenvalue weighted by Crippen LogP contribution is 2.28.